The maximum atomic E-state index is 5.51. The number of unbranched alkanes of at least 4 members (excludes halogenated alkanes) is 2. The van der Waals surface area contributed by atoms with Crippen LogP contribution < -0.4 is 10.1 Å². The van der Waals surface area contributed by atoms with Gasteiger partial charge >= 0.3 is 0 Å². The number of nitrogens with one attached hydrogen (secondary N) is 1. The fourth-order valence-electron chi connectivity index (χ4n) is 2.72. The van der Waals surface area contributed by atoms with Crippen molar-refractivity contribution in [3.05, 3.63) is 29.8 Å². The Morgan fingerprint density at radius 1 is 1.24 bits per heavy atom. The van der Waals surface area contributed by atoms with Gasteiger partial charge in [0.1, 0.15) is 5.75 Å². The number of benzene rings is 1. The second-order valence-electron chi connectivity index (χ2n) is 5.04. The first kappa shape index (κ1) is 12.4. The number of hydrogen-bond donors (Lipinski definition) is 1. The van der Waals surface area contributed by atoms with E-state index < -0.39 is 0 Å². The molecule has 0 aliphatic carbocycles. The summed E-state index contributed by atoms with van der Waals surface area (Å²) >= 11 is 0. The predicted octanol–water partition coefficient (Wildman–Crippen LogP) is 3.12. The molecule has 0 amide bonds. The van der Waals surface area contributed by atoms with Crippen molar-refractivity contribution in [1.29, 1.82) is 0 Å². The molecular formula is C15H23NO. The highest BCUT2D eigenvalue weighted by Gasteiger charge is 2.39. The van der Waals surface area contributed by atoms with Gasteiger partial charge in [-0.2, -0.15) is 0 Å². The average Bonchev–Trinajstić information content (AvgIpc) is 2.33. The molecule has 2 heteroatoms. The zero-order valence-electron chi connectivity index (χ0n) is 11.0. The molecule has 1 aliphatic heterocycles. The number of rotatable bonds is 6. The number of hydrogen-bond acceptors (Lipinski definition) is 2. The Labute approximate surface area is 104 Å². The van der Waals surface area contributed by atoms with Gasteiger partial charge in [-0.15, -0.1) is 0 Å². The van der Waals surface area contributed by atoms with Gasteiger partial charge in [0.15, 0.2) is 0 Å². The Bertz CT molecular complexity index is 358. The molecule has 1 saturated heterocycles. The lowest BCUT2D eigenvalue weighted by Gasteiger charge is -2.44. The van der Waals surface area contributed by atoms with E-state index in [1.807, 2.05) is 6.07 Å². The van der Waals surface area contributed by atoms with E-state index >= 15 is 0 Å². The summed E-state index contributed by atoms with van der Waals surface area (Å²) < 4.78 is 5.51. The lowest BCUT2D eigenvalue weighted by molar-refractivity contribution is 0.241. The normalized spacial score (nSPS) is 17.5. The molecule has 1 heterocycles. The van der Waals surface area contributed by atoms with E-state index in [1.54, 1.807) is 7.11 Å². The fraction of sp³-hybridized carbons (Fsp3) is 0.600. The molecule has 1 fully saturated rings. The van der Waals surface area contributed by atoms with Crippen LogP contribution in [0, 0.1) is 0 Å². The largest absolute Gasteiger partial charge is 0.496 e. The molecular weight excluding hydrogens is 210 g/mol. The molecule has 0 unspecified atom stereocenters. The van der Waals surface area contributed by atoms with Crippen molar-refractivity contribution >= 4 is 0 Å². The van der Waals surface area contributed by atoms with E-state index in [4.69, 9.17) is 4.74 Å². The van der Waals surface area contributed by atoms with Crippen molar-refractivity contribution in [1.82, 2.24) is 5.32 Å². The Balaban J connectivity index is 2.16. The molecule has 17 heavy (non-hydrogen) atoms. The molecule has 0 atom stereocenters. The predicted molar refractivity (Wildman–Crippen MR) is 71.7 cm³/mol. The van der Waals surface area contributed by atoms with Crippen LogP contribution in [0.3, 0.4) is 0 Å². The number of ether oxygens (including phenoxy) is 1. The number of methoxy groups -OCH3 is 1. The Morgan fingerprint density at radius 2 is 2.00 bits per heavy atom. The molecule has 94 valence electrons. The van der Waals surface area contributed by atoms with Gasteiger partial charge < -0.3 is 10.1 Å². The SMILES string of the molecule is CCCCCC1(c2ccccc2OC)CNC1. The Kier molecular flexibility index (Phi) is 4.06. The molecule has 0 aromatic heterocycles. The van der Waals surface area contributed by atoms with Gasteiger partial charge in [-0.1, -0.05) is 44.4 Å². The molecule has 2 rings (SSSR count). The molecule has 1 aromatic rings. The van der Waals surface area contributed by atoms with Gasteiger partial charge in [0.05, 0.1) is 7.11 Å². The first-order valence-electron chi connectivity index (χ1n) is 6.66. The minimum absolute atomic E-state index is 0.321. The third kappa shape index (κ3) is 2.47. The molecule has 1 aliphatic rings. The van der Waals surface area contributed by atoms with Gasteiger partial charge in [-0.25, -0.2) is 0 Å². The summed E-state index contributed by atoms with van der Waals surface area (Å²) in [6.45, 7) is 4.45. The standard InChI is InChI=1S/C15H23NO/c1-3-4-7-10-15(11-16-12-15)13-8-5-6-9-14(13)17-2/h5-6,8-9,16H,3-4,7,10-12H2,1-2H3. The highest BCUT2D eigenvalue weighted by atomic mass is 16.5. The maximum absolute atomic E-state index is 5.51. The van der Waals surface area contributed by atoms with Gasteiger partial charge in [0.25, 0.3) is 0 Å². The summed E-state index contributed by atoms with van der Waals surface area (Å²) in [6.07, 6.45) is 5.21. The lowest BCUT2D eigenvalue weighted by Crippen LogP contribution is -2.56. The van der Waals surface area contributed by atoms with E-state index in [9.17, 15) is 0 Å². The van der Waals surface area contributed by atoms with Crippen LogP contribution >= 0.6 is 0 Å². The second-order valence-corrected chi connectivity index (χ2v) is 5.04. The van der Waals surface area contributed by atoms with Crippen LogP contribution in [0.2, 0.25) is 0 Å². The topological polar surface area (TPSA) is 21.3 Å². The Morgan fingerprint density at radius 3 is 2.59 bits per heavy atom. The van der Waals surface area contributed by atoms with Crippen LogP contribution in [-0.2, 0) is 5.41 Å². The van der Waals surface area contributed by atoms with Crippen molar-refractivity contribution in [2.24, 2.45) is 0 Å². The molecule has 1 N–H and O–H groups in total. The van der Waals surface area contributed by atoms with Crippen LogP contribution in [0.4, 0.5) is 0 Å². The average molecular weight is 233 g/mol. The monoisotopic (exact) mass is 233 g/mol. The van der Waals surface area contributed by atoms with Crippen LogP contribution in [0.1, 0.15) is 38.2 Å². The maximum Gasteiger partial charge on any atom is 0.122 e. The lowest BCUT2D eigenvalue weighted by atomic mass is 9.71. The van der Waals surface area contributed by atoms with Crippen molar-refractivity contribution in [2.45, 2.75) is 38.0 Å². The highest BCUT2D eigenvalue weighted by Crippen LogP contribution is 2.39. The minimum Gasteiger partial charge on any atom is -0.496 e. The highest BCUT2D eigenvalue weighted by molar-refractivity contribution is 5.42. The minimum atomic E-state index is 0.321. The zero-order valence-corrected chi connectivity index (χ0v) is 11.0. The van der Waals surface area contributed by atoms with E-state index in [2.05, 4.69) is 30.4 Å². The van der Waals surface area contributed by atoms with E-state index in [-0.39, 0.29) is 0 Å². The third-order valence-corrected chi connectivity index (χ3v) is 3.86. The fourth-order valence-corrected chi connectivity index (χ4v) is 2.72. The molecule has 0 spiro atoms. The van der Waals surface area contributed by atoms with Crippen molar-refractivity contribution in [3.63, 3.8) is 0 Å². The first-order chi connectivity index (χ1) is 8.32. The summed E-state index contributed by atoms with van der Waals surface area (Å²) in [7, 11) is 1.77. The molecule has 0 bridgehead atoms. The van der Waals surface area contributed by atoms with Crippen molar-refractivity contribution < 1.29 is 4.74 Å². The zero-order chi connectivity index (χ0) is 12.1. The Hall–Kier alpha value is -1.02. The van der Waals surface area contributed by atoms with E-state index in [0.717, 1.165) is 18.8 Å². The summed E-state index contributed by atoms with van der Waals surface area (Å²) in [4.78, 5) is 0. The number of para-hydroxylation sites is 1. The molecule has 0 radical (unpaired) electrons. The smallest absolute Gasteiger partial charge is 0.122 e. The summed E-state index contributed by atoms with van der Waals surface area (Å²) in [5, 5.41) is 3.42. The quantitative estimate of drug-likeness (QED) is 0.762. The van der Waals surface area contributed by atoms with E-state index in [1.165, 1.54) is 31.2 Å². The van der Waals surface area contributed by atoms with Crippen LogP contribution in [-0.4, -0.2) is 20.2 Å². The van der Waals surface area contributed by atoms with Crippen LogP contribution in [0.25, 0.3) is 0 Å². The first-order valence-corrected chi connectivity index (χ1v) is 6.66. The van der Waals surface area contributed by atoms with Gasteiger partial charge in [-0.05, 0) is 12.5 Å². The molecule has 1 aromatic carbocycles. The van der Waals surface area contributed by atoms with Crippen LogP contribution in [0.15, 0.2) is 24.3 Å². The van der Waals surface area contributed by atoms with Gasteiger partial charge in [0.2, 0.25) is 0 Å². The van der Waals surface area contributed by atoms with Gasteiger partial charge in [-0.3, -0.25) is 0 Å². The summed E-state index contributed by atoms with van der Waals surface area (Å²) in [5.74, 6) is 1.05. The van der Waals surface area contributed by atoms with E-state index in [0.29, 0.717) is 5.41 Å². The summed E-state index contributed by atoms with van der Waals surface area (Å²) in [6, 6.07) is 8.48. The second kappa shape index (κ2) is 5.54. The van der Waals surface area contributed by atoms with Gasteiger partial charge in [0, 0.05) is 24.1 Å². The molecule has 0 saturated carbocycles. The molecule has 2 nitrogen and oxygen atoms in total. The summed E-state index contributed by atoms with van der Waals surface area (Å²) in [5.41, 5.74) is 1.71. The third-order valence-electron chi connectivity index (χ3n) is 3.86. The van der Waals surface area contributed by atoms with Crippen LogP contribution in [0.5, 0.6) is 5.75 Å². The van der Waals surface area contributed by atoms with Crippen molar-refractivity contribution in [3.8, 4) is 5.75 Å². The van der Waals surface area contributed by atoms with Crippen molar-refractivity contribution in [2.75, 3.05) is 20.2 Å².